The van der Waals surface area contributed by atoms with E-state index in [1.54, 1.807) is 7.11 Å². The normalized spacial score (nSPS) is 20.1. The molecule has 2 aliphatic rings. The maximum atomic E-state index is 15.0. The number of carboxylic acid groups (broad SMARTS) is 1. The maximum absolute atomic E-state index is 15.0. The fourth-order valence-electron chi connectivity index (χ4n) is 6.40. The number of likely N-dealkylation sites (tertiary alicyclic amines) is 1. The van der Waals surface area contributed by atoms with E-state index in [0.717, 1.165) is 75.2 Å². The van der Waals surface area contributed by atoms with Gasteiger partial charge in [0.05, 0.1) is 19.6 Å². The first kappa shape index (κ1) is 30.3. The highest BCUT2D eigenvalue weighted by molar-refractivity contribution is 5.78. The first-order valence-corrected chi connectivity index (χ1v) is 14.9. The van der Waals surface area contributed by atoms with Gasteiger partial charge in [-0.15, -0.1) is 0 Å². The van der Waals surface area contributed by atoms with Gasteiger partial charge in [-0.2, -0.15) is 0 Å². The van der Waals surface area contributed by atoms with E-state index < -0.39 is 17.7 Å². The Morgan fingerprint density at radius 2 is 2.05 bits per heavy atom. The summed E-state index contributed by atoms with van der Waals surface area (Å²) in [4.78, 5) is 19.9. The molecule has 7 nitrogen and oxygen atoms in total. The van der Waals surface area contributed by atoms with Crippen molar-refractivity contribution in [2.45, 2.75) is 83.1 Å². The number of aryl methyl sites for hydroxylation is 2. The summed E-state index contributed by atoms with van der Waals surface area (Å²) in [7, 11) is 3.10. The number of benzene rings is 1. The minimum Gasteiger partial charge on any atom is -0.493 e. The molecule has 0 saturated carbocycles. The summed E-state index contributed by atoms with van der Waals surface area (Å²) in [5.41, 5.74) is 3.70. The number of carboxylic acids is 1. The number of aliphatic carboxylic acids is 1. The Balaban J connectivity index is 1.36. The number of hydrogen-bond acceptors (Lipinski definition) is 6. The number of pyridine rings is 1. The van der Waals surface area contributed by atoms with E-state index >= 15 is 0 Å². The molecule has 2 N–H and O–H groups in total. The Hall–Kier alpha value is -2.71. The second-order valence-corrected chi connectivity index (χ2v) is 11.7. The smallest absolute Gasteiger partial charge is 0.311 e. The van der Waals surface area contributed by atoms with Crippen LogP contribution in [-0.4, -0.2) is 67.5 Å². The van der Waals surface area contributed by atoms with Gasteiger partial charge in [0, 0.05) is 31.0 Å². The average molecular weight is 556 g/mol. The van der Waals surface area contributed by atoms with E-state index in [-0.39, 0.29) is 23.6 Å². The molecule has 2 aliphatic heterocycles. The number of aromatic nitrogens is 1. The lowest BCUT2D eigenvalue weighted by Gasteiger charge is -2.41. The largest absolute Gasteiger partial charge is 0.493 e. The van der Waals surface area contributed by atoms with Gasteiger partial charge in [0.15, 0.2) is 11.6 Å². The van der Waals surface area contributed by atoms with Crippen LogP contribution >= 0.6 is 0 Å². The quantitative estimate of drug-likeness (QED) is 0.293. The zero-order valence-corrected chi connectivity index (χ0v) is 24.5. The zero-order valence-electron chi connectivity index (χ0n) is 24.5. The second kappa shape index (κ2) is 14.3. The number of halogens is 1. The summed E-state index contributed by atoms with van der Waals surface area (Å²) in [6.45, 7) is 7.27. The number of unbranched alkanes of at least 4 members (excludes halogenated alkanes) is 2. The van der Waals surface area contributed by atoms with Crippen LogP contribution in [0.15, 0.2) is 24.3 Å². The monoisotopic (exact) mass is 555 g/mol. The SMILES string of the molecule is COCC1CC(C(C(=O)O)c2cc(C(C)C)cc(F)c2OC)CCN1CCCCCc1ccc2c(n1)NCCC2. The van der Waals surface area contributed by atoms with Crippen molar-refractivity contribution in [3.63, 3.8) is 0 Å². The van der Waals surface area contributed by atoms with Gasteiger partial charge in [0.1, 0.15) is 5.82 Å². The molecule has 1 fully saturated rings. The van der Waals surface area contributed by atoms with Crippen LogP contribution in [-0.2, 0) is 22.4 Å². The van der Waals surface area contributed by atoms with E-state index in [2.05, 4.69) is 22.3 Å². The van der Waals surface area contributed by atoms with Crippen molar-refractivity contribution in [1.82, 2.24) is 9.88 Å². The van der Waals surface area contributed by atoms with Crippen LogP contribution in [0.1, 0.15) is 86.6 Å². The molecule has 3 atom stereocenters. The molecular formula is C32H46FN3O4. The number of nitrogens with zero attached hydrogens (tertiary/aromatic N) is 2. The van der Waals surface area contributed by atoms with Gasteiger partial charge in [-0.25, -0.2) is 9.37 Å². The lowest BCUT2D eigenvalue weighted by Crippen LogP contribution is -2.47. The third kappa shape index (κ3) is 7.32. The third-order valence-corrected chi connectivity index (χ3v) is 8.61. The lowest BCUT2D eigenvalue weighted by atomic mass is 9.76. The predicted molar refractivity (Wildman–Crippen MR) is 156 cm³/mol. The molecular weight excluding hydrogens is 509 g/mol. The van der Waals surface area contributed by atoms with Gasteiger partial charge < -0.3 is 19.9 Å². The molecule has 0 radical (unpaired) electrons. The fraction of sp³-hybridized carbons (Fsp3) is 0.625. The van der Waals surface area contributed by atoms with Crippen molar-refractivity contribution < 1.29 is 23.8 Å². The summed E-state index contributed by atoms with van der Waals surface area (Å²) < 4.78 is 25.9. The molecule has 3 heterocycles. The number of anilines is 1. The van der Waals surface area contributed by atoms with Crippen LogP contribution in [0.3, 0.4) is 0 Å². The molecule has 3 unspecified atom stereocenters. The van der Waals surface area contributed by atoms with Crippen LogP contribution in [0.2, 0.25) is 0 Å². The van der Waals surface area contributed by atoms with Crippen molar-refractivity contribution in [1.29, 1.82) is 0 Å². The second-order valence-electron chi connectivity index (χ2n) is 11.7. The van der Waals surface area contributed by atoms with Crippen molar-refractivity contribution in [3.8, 4) is 5.75 Å². The Morgan fingerprint density at radius 1 is 1.23 bits per heavy atom. The first-order chi connectivity index (χ1) is 19.3. The van der Waals surface area contributed by atoms with Crippen molar-refractivity contribution in [2.24, 2.45) is 5.92 Å². The van der Waals surface area contributed by atoms with E-state index in [1.165, 1.54) is 25.2 Å². The van der Waals surface area contributed by atoms with Gasteiger partial charge in [0.25, 0.3) is 0 Å². The van der Waals surface area contributed by atoms with E-state index in [0.29, 0.717) is 18.6 Å². The summed E-state index contributed by atoms with van der Waals surface area (Å²) >= 11 is 0. The van der Waals surface area contributed by atoms with Crippen molar-refractivity contribution >= 4 is 11.8 Å². The minimum absolute atomic E-state index is 0.0479. The third-order valence-electron chi connectivity index (χ3n) is 8.61. The Kier molecular flexibility index (Phi) is 10.8. The number of rotatable bonds is 13. The maximum Gasteiger partial charge on any atom is 0.311 e. The summed E-state index contributed by atoms with van der Waals surface area (Å²) in [6.07, 6.45) is 7.96. The number of methoxy groups -OCH3 is 2. The van der Waals surface area contributed by atoms with E-state index in [1.807, 2.05) is 19.9 Å². The summed E-state index contributed by atoms with van der Waals surface area (Å²) in [5, 5.41) is 13.7. The van der Waals surface area contributed by atoms with Crippen LogP contribution in [0.4, 0.5) is 10.2 Å². The molecule has 220 valence electrons. The molecule has 0 bridgehead atoms. The van der Waals surface area contributed by atoms with Crippen LogP contribution in [0.25, 0.3) is 0 Å². The van der Waals surface area contributed by atoms with Crippen LogP contribution in [0.5, 0.6) is 5.75 Å². The molecule has 2 aromatic rings. The number of fused-ring (bicyclic) bond motifs is 1. The molecule has 40 heavy (non-hydrogen) atoms. The molecule has 0 spiro atoms. The molecule has 0 amide bonds. The Bertz CT molecular complexity index is 1140. The summed E-state index contributed by atoms with van der Waals surface area (Å²) in [6, 6.07) is 7.80. The van der Waals surface area contributed by atoms with Crippen molar-refractivity contribution in [2.75, 3.05) is 45.8 Å². The fourth-order valence-corrected chi connectivity index (χ4v) is 6.40. The standard InChI is InChI=1S/C32H46FN3O4/c1-21(2)24-18-27(30(40-4)28(33)19-24)29(32(37)38)23-13-16-36(26(17-23)20-39-3)15-7-5-6-10-25-12-11-22-9-8-14-34-31(22)35-25/h11-12,18-19,21,23,26,29H,5-10,13-17,20H2,1-4H3,(H,34,35)(H,37,38). The Morgan fingerprint density at radius 3 is 2.77 bits per heavy atom. The van der Waals surface area contributed by atoms with Crippen molar-refractivity contribution in [3.05, 3.63) is 52.5 Å². The molecule has 1 aromatic carbocycles. The number of nitrogens with one attached hydrogen (secondary N) is 1. The van der Waals surface area contributed by atoms with Gasteiger partial charge >= 0.3 is 5.97 Å². The number of hydrogen-bond donors (Lipinski definition) is 2. The zero-order chi connectivity index (χ0) is 28.6. The van der Waals surface area contributed by atoms with Gasteiger partial charge in [0.2, 0.25) is 0 Å². The predicted octanol–water partition coefficient (Wildman–Crippen LogP) is 6.02. The van der Waals surface area contributed by atoms with Crippen LogP contribution in [0, 0.1) is 11.7 Å². The molecule has 8 heteroatoms. The van der Waals surface area contributed by atoms with Gasteiger partial charge in [-0.1, -0.05) is 32.4 Å². The minimum atomic E-state index is -0.931. The van der Waals surface area contributed by atoms with Gasteiger partial charge in [-0.3, -0.25) is 9.69 Å². The number of carbonyl (C=O) groups is 1. The van der Waals surface area contributed by atoms with E-state index in [9.17, 15) is 14.3 Å². The topological polar surface area (TPSA) is 83.9 Å². The van der Waals surface area contributed by atoms with E-state index in [4.69, 9.17) is 14.5 Å². The molecule has 1 aromatic heterocycles. The molecule has 4 rings (SSSR count). The lowest BCUT2D eigenvalue weighted by molar-refractivity contribution is -0.141. The Labute approximate surface area is 238 Å². The molecule has 0 aliphatic carbocycles. The highest BCUT2D eigenvalue weighted by Crippen LogP contribution is 2.41. The van der Waals surface area contributed by atoms with Gasteiger partial charge in [-0.05, 0) is 93.1 Å². The summed E-state index contributed by atoms with van der Waals surface area (Å²) in [5.74, 6) is -1.20. The highest BCUT2D eigenvalue weighted by atomic mass is 19.1. The number of ether oxygens (including phenoxy) is 2. The number of piperidine rings is 1. The highest BCUT2D eigenvalue weighted by Gasteiger charge is 2.39. The van der Waals surface area contributed by atoms with Crippen LogP contribution < -0.4 is 10.1 Å². The first-order valence-electron chi connectivity index (χ1n) is 14.9. The molecule has 1 saturated heterocycles. The average Bonchev–Trinajstić information content (AvgIpc) is 2.93.